The molecule has 3 aromatic rings. The average Bonchev–Trinajstić information content (AvgIpc) is 2.79. The fourth-order valence-electron chi connectivity index (χ4n) is 4.16. The van der Waals surface area contributed by atoms with Crippen LogP contribution in [0.4, 0.5) is 0 Å². The first-order chi connectivity index (χ1) is 15.4. The van der Waals surface area contributed by atoms with Gasteiger partial charge in [-0.25, -0.2) is 4.79 Å². The zero-order valence-electron chi connectivity index (χ0n) is 19.3. The molecule has 0 bridgehead atoms. The minimum absolute atomic E-state index is 0.158. The highest BCUT2D eigenvalue weighted by Gasteiger charge is 2.14. The largest absolute Gasteiger partial charge is 0.462 e. The van der Waals surface area contributed by atoms with Gasteiger partial charge in [-0.3, -0.25) is 0 Å². The number of aliphatic hydroxyl groups excluding tert-OH is 1. The van der Waals surface area contributed by atoms with Gasteiger partial charge in [0.1, 0.15) is 0 Å². The van der Waals surface area contributed by atoms with Gasteiger partial charge in [-0.05, 0) is 78.1 Å². The fourth-order valence-corrected chi connectivity index (χ4v) is 4.16. The highest BCUT2D eigenvalue weighted by Crippen LogP contribution is 2.33. The number of ether oxygens (including phenoxy) is 1. The third-order valence-electron chi connectivity index (χ3n) is 5.96. The Balaban J connectivity index is 1.95. The predicted octanol–water partition coefficient (Wildman–Crippen LogP) is 6.14. The molecule has 3 aromatic carbocycles. The van der Waals surface area contributed by atoms with Gasteiger partial charge in [0, 0.05) is 19.1 Å². The Hall–Kier alpha value is -3.17. The number of aliphatic hydroxyl groups is 1. The van der Waals surface area contributed by atoms with Crippen molar-refractivity contribution in [3.63, 3.8) is 0 Å². The summed E-state index contributed by atoms with van der Waals surface area (Å²) in [6.07, 6.45) is 3.34. The van der Waals surface area contributed by atoms with Crippen LogP contribution >= 0.6 is 0 Å². The van der Waals surface area contributed by atoms with Gasteiger partial charge < -0.3 is 9.84 Å². The molecule has 0 heterocycles. The molecule has 0 spiro atoms. The second kappa shape index (κ2) is 10.9. The number of carbonyl (C=O) groups is 1. The van der Waals surface area contributed by atoms with Crippen molar-refractivity contribution in [3.05, 3.63) is 95.1 Å². The molecule has 0 fully saturated rings. The average molecular weight is 429 g/mol. The zero-order chi connectivity index (χ0) is 23.1. The van der Waals surface area contributed by atoms with Crippen LogP contribution in [0.2, 0.25) is 0 Å². The van der Waals surface area contributed by atoms with Crippen LogP contribution in [0.1, 0.15) is 34.2 Å². The van der Waals surface area contributed by atoms with Gasteiger partial charge in [0.15, 0.2) is 0 Å². The fraction of sp³-hybridized carbons (Fsp3) is 0.276. The van der Waals surface area contributed by atoms with Crippen LogP contribution in [0.25, 0.3) is 22.3 Å². The highest BCUT2D eigenvalue weighted by atomic mass is 16.5. The molecule has 0 atom stereocenters. The van der Waals surface area contributed by atoms with Gasteiger partial charge in [0.25, 0.3) is 0 Å². The molecule has 0 radical (unpaired) electrons. The molecule has 0 amide bonds. The van der Waals surface area contributed by atoms with Crippen LogP contribution in [-0.4, -0.2) is 24.3 Å². The third-order valence-corrected chi connectivity index (χ3v) is 5.96. The van der Waals surface area contributed by atoms with Crippen molar-refractivity contribution in [1.29, 1.82) is 0 Å². The summed E-state index contributed by atoms with van der Waals surface area (Å²) in [5, 5.41) is 9.29. The molecule has 0 aromatic heterocycles. The second-order valence-electron chi connectivity index (χ2n) is 8.22. The molecule has 0 unspecified atom stereocenters. The second-order valence-corrected chi connectivity index (χ2v) is 8.22. The Bertz CT molecular complexity index is 1090. The smallest absolute Gasteiger partial charge is 0.330 e. The maximum absolute atomic E-state index is 11.5. The monoisotopic (exact) mass is 428 g/mol. The number of esters is 1. The number of hydrogen-bond donors (Lipinski definition) is 1. The third kappa shape index (κ3) is 5.54. The van der Waals surface area contributed by atoms with Crippen LogP contribution < -0.4 is 0 Å². The van der Waals surface area contributed by atoms with Crippen LogP contribution in [0, 0.1) is 20.8 Å². The van der Waals surface area contributed by atoms with E-state index in [0.29, 0.717) is 19.4 Å². The first-order valence-electron chi connectivity index (χ1n) is 11.1. The number of rotatable bonds is 9. The molecule has 0 saturated heterocycles. The van der Waals surface area contributed by atoms with Crippen molar-refractivity contribution in [2.24, 2.45) is 0 Å². The molecule has 0 saturated carbocycles. The van der Waals surface area contributed by atoms with Gasteiger partial charge >= 0.3 is 5.97 Å². The van der Waals surface area contributed by atoms with E-state index in [9.17, 15) is 9.90 Å². The molecule has 3 heteroatoms. The van der Waals surface area contributed by atoms with E-state index >= 15 is 0 Å². The van der Waals surface area contributed by atoms with E-state index < -0.39 is 5.97 Å². The Labute approximate surface area is 191 Å². The topological polar surface area (TPSA) is 46.5 Å². The molecular formula is C29H32O3. The molecule has 3 nitrogen and oxygen atoms in total. The summed E-state index contributed by atoms with van der Waals surface area (Å²) in [5.41, 5.74) is 10.9. The Morgan fingerprint density at radius 3 is 2.28 bits per heavy atom. The minimum Gasteiger partial charge on any atom is -0.462 e. The molecule has 3 rings (SSSR count). The lowest BCUT2D eigenvalue weighted by Crippen LogP contribution is -2.08. The van der Waals surface area contributed by atoms with Crippen molar-refractivity contribution in [2.45, 2.75) is 40.0 Å². The van der Waals surface area contributed by atoms with Gasteiger partial charge in [-0.15, -0.1) is 0 Å². The van der Waals surface area contributed by atoms with E-state index in [1.165, 1.54) is 56.1 Å². The normalized spacial score (nSPS) is 10.8. The molecule has 166 valence electrons. The highest BCUT2D eigenvalue weighted by molar-refractivity contribution is 5.81. The van der Waals surface area contributed by atoms with Crippen molar-refractivity contribution < 1.29 is 14.6 Å². The van der Waals surface area contributed by atoms with E-state index in [1.54, 1.807) is 0 Å². The SMILES string of the molecule is C=CC(=O)OCCc1c(CCCO)ccc(-c2ccc(-c3ccc(C)cc3)cc2C)c1C. The molecule has 0 aliphatic heterocycles. The van der Waals surface area contributed by atoms with E-state index in [1.807, 2.05) is 0 Å². The van der Waals surface area contributed by atoms with Crippen molar-refractivity contribution in [2.75, 3.05) is 13.2 Å². The predicted molar refractivity (Wildman–Crippen MR) is 132 cm³/mol. The first kappa shape index (κ1) is 23.5. The summed E-state index contributed by atoms with van der Waals surface area (Å²) >= 11 is 0. The van der Waals surface area contributed by atoms with Gasteiger partial charge in [0.05, 0.1) is 6.61 Å². The standard InChI is InChI=1S/C29H32O3/c1-5-29(31)32-18-16-27-22(4)28(15-12-24(27)7-6-17-30)26-14-13-25(19-21(26)3)23-10-8-20(2)9-11-23/h5,8-15,19,30H,1,6-7,16-18H2,2-4H3. The van der Waals surface area contributed by atoms with E-state index in [2.05, 4.69) is 81.9 Å². The van der Waals surface area contributed by atoms with Gasteiger partial charge in [0.2, 0.25) is 0 Å². The summed E-state index contributed by atoms with van der Waals surface area (Å²) in [6.45, 7) is 10.3. The van der Waals surface area contributed by atoms with Gasteiger partial charge in [-0.1, -0.05) is 66.7 Å². The molecule has 32 heavy (non-hydrogen) atoms. The first-order valence-corrected chi connectivity index (χ1v) is 11.1. The Morgan fingerprint density at radius 1 is 0.938 bits per heavy atom. The van der Waals surface area contributed by atoms with Gasteiger partial charge in [-0.2, -0.15) is 0 Å². The molecule has 0 aliphatic rings. The maximum Gasteiger partial charge on any atom is 0.330 e. The maximum atomic E-state index is 11.5. The molecule has 0 aliphatic carbocycles. The zero-order valence-corrected chi connectivity index (χ0v) is 19.3. The Kier molecular flexibility index (Phi) is 8.02. The summed E-state index contributed by atoms with van der Waals surface area (Å²) in [5.74, 6) is -0.404. The van der Waals surface area contributed by atoms with Crippen LogP contribution in [0.15, 0.2) is 67.3 Å². The molecular weight excluding hydrogens is 396 g/mol. The van der Waals surface area contributed by atoms with Crippen molar-refractivity contribution >= 4 is 5.97 Å². The van der Waals surface area contributed by atoms with Crippen molar-refractivity contribution in [1.82, 2.24) is 0 Å². The number of carbonyl (C=O) groups excluding carboxylic acids is 1. The summed E-state index contributed by atoms with van der Waals surface area (Å²) in [7, 11) is 0. The van der Waals surface area contributed by atoms with E-state index in [4.69, 9.17) is 4.74 Å². The van der Waals surface area contributed by atoms with Crippen LogP contribution in [0.3, 0.4) is 0 Å². The van der Waals surface area contributed by atoms with Crippen LogP contribution in [-0.2, 0) is 22.4 Å². The lowest BCUT2D eigenvalue weighted by molar-refractivity contribution is -0.137. The number of hydrogen-bond acceptors (Lipinski definition) is 3. The van der Waals surface area contributed by atoms with E-state index in [-0.39, 0.29) is 6.61 Å². The minimum atomic E-state index is -0.404. The van der Waals surface area contributed by atoms with Crippen molar-refractivity contribution in [3.8, 4) is 22.3 Å². The summed E-state index contributed by atoms with van der Waals surface area (Å²) < 4.78 is 5.25. The lowest BCUT2D eigenvalue weighted by Gasteiger charge is -2.18. The summed E-state index contributed by atoms with van der Waals surface area (Å²) in [4.78, 5) is 11.5. The Morgan fingerprint density at radius 2 is 1.62 bits per heavy atom. The van der Waals surface area contributed by atoms with E-state index in [0.717, 1.165) is 6.42 Å². The quantitative estimate of drug-likeness (QED) is 0.329. The number of benzene rings is 3. The number of aryl methyl sites for hydroxylation is 3. The summed E-state index contributed by atoms with van der Waals surface area (Å²) in [6, 6.07) is 19.5. The molecule has 1 N–H and O–H groups in total. The lowest BCUT2D eigenvalue weighted by atomic mass is 9.87. The van der Waals surface area contributed by atoms with Crippen LogP contribution in [0.5, 0.6) is 0 Å².